The molecule has 1 aromatic rings. The topological polar surface area (TPSA) is 35.7 Å². The fourth-order valence-electron chi connectivity index (χ4n) is 2.47. The van der Waals surface area contributed by atoms with Crippen LogP contribution in [0.25, 0.3) is 0 Å². The first-order chi connectivity index (χ1) is 9.60. The van der Waals surface area contributed by atoms with Gasteiger partial charge >= 0.3 is 0 Å². The van der Waals surface area contributed by atoms with Gasteiger partial charge in [-0.1, -0.05) is 6.07 Å². The van der Waals surface area contributed by atoms with Gasteiger partial charge < -0.3 is 15.5 Å². The van der Waals surface area contributed by atoms with Crippen LogP contribution in [0.4, 0.5) is 10.1 Å². The molecule has 0 amide bonds. The Hall–Kier alpha value is -1.17. The minimum absolute atomic E-state index is 0.194. The lowest BCUT2D eigenvalue weighted by Crippen LogP contribution is -2.48. The Morgan fingerprint density at radius 2 is 1.90 bits per heavy atom. The monoisotopic (exact) mass is 280 g/mol. The Balaban J connectivity index is 1.88. The Labute approximate surface area is 120 Å². The maximum absolute atomic E-state index is 13.8. The average Bonchev–Trinajstić information content (AvgIpc) is 2.45. The molecule has 1 heterocycles. The molecule has 0 atom stereocenters. The number of anilines is 1. The van der Waals surface area contributed by atoms with Gasteiger partial charge in [0.1, 0.15) is 5.82 Å². The quantitative estimate of drug-likeness (QED) is 0.872. The molecule has 1 saturated heterocycles. The van der Waals surface area contributed by atoms with Crippen LogP contribution in [0.15, 0.2) is 18.2 Å². The maximum Gasteiger partial charge on any atom is 0.129 e. The zero-order valence-corrected chi connectivity index (χ0v) is 12.5. The predicted molar refractivity (Wildman–Crippen MR) is 81.5 cm³/mol. The molecule has 0 bridgehead atoms. The number of rotatable bonds is 5. The summed E-state index contributed by atoms with van der Waals surface area (Å²) in [7, 11) is 4.19. The van der Waals surface area contributed by atoms with Gasteiger partial charge in [0.2, 0.25) is 0 Å². The van der Waals surface area contributed by atoms with Gasteiger partial charge in [-0.05, 0) is 26.2 Å². The minimum Gasteiger partial charge on any atom is -0.369 e. The zero-order valence-electron chi connectivity index (χ0n) is 12.5. The lowest BCUT2D eigenvalue weighted by Gasteiger charge is -2.36. The Morgan fingerprint density at radius 1 is 1.20 bits per heavy atom. The average molecular weight is 280 g/mol. The van der Waals surface area contributed by atoms with Crippen LogP contribution >= 0.6 is 0 Å². The van der Waals surface area contributed by atoms with Gasteiger partial charge in [-0.25, -0.2) is 4.39 Å². The summed E-state index contributed by atoms with van der Waals surface area (Å²) in [6.07, 6.45) is 0. The van der Waals surface area contributed by atoms with Crippen LogP contribution in [0.3, 0.4) is 0 Å². The van der Waals surface area contributed by atoms with E-state index in [0.29, 0.717) is 5.56 Å². The van der Waals surface area contributed by atoms with Crippen LogP contribution in [0.1, 0.15) is 5.56 Å². The number of hydrogen-bond acceptors (Lipinski definition) is 4. The second kappa shape index (κ2) is 7.02. The third-order valence-corrected chi connectivity index (χ3v) is 3.86. The van der Waals surface area contributed by atoms with Crippen LogP contribution in [-0.2, 0) is 6.54 Å². The predicted octanol–water partition coefficient (Wildman–Crippen LogP) is 0.968. The molecule has 2 N–H and O–H groups in total. The van der Waals surface area contributed by atoms with Gasteiger partial charge in [0, 0.05) is 57.1 Å². The third-order valence-electron chi connectivity index (χ3n) is 3.86. The van der Waals surface area contributed by atoms with Crippen molar-refractivity contribution in [1.29, 1.82) is 0 Å². The van der Waals surface area contributed by atoms with E-state index in [0.717, 1.165) is 45.0 Å². The Kier molecular flexibility index (Phi) is 5.34. The minimum atomic E-state index is -0.194. The van der Waals surface area contributed by atoms with Crippen LogP contribution in [0, 0.1) is 5.82 Å². The van der Waals surface area contributed by atoms with Gasteiger partial charge in [0.05, 0.1) is 0 Å². The highest BCUT2D eigenvalue weighted by Crippen LogP contribution is 2.20. The zero-order chi connectivity index (χ0) is 14.5. The molecule has 0 radical (unpaired) electrons. The van der Waals surface area contributed by atoms with Crippen molar-refractivity contribution < 1.29 is 4.39 Å². The van der Waals surface area contributed by atoms with Crippen molar-refractivity contribution in [3.05, 3.63) is 29.6 Å². The standard InChI is InChI=1S/C15H25FN4/c1-18(2)5-6-19-7-9-20(10-8-19)14-4-3-13(12-17)15(16)11-14/h3-4,11H,5-10,12,17H2,1-2H3. The van der Waals surface area contributed by atoms with Crippen LogP contribution in [0.2, 0.25) is 0 Å². The largest absolute Gasteiger partial charge is 0.369 e. The number of benzene rings is 1. The molecule has 1 aromatic carbocycles. The molecular weight excluding hydrogens is 255 g/mol. The lowest BCUT2D eigenvalue weighted by atomic mass is 10.1. The number of nitrogens with two attached hydrogens (primary N) is 1. The molecule has 20 heavy (non-hydrogen) atoms. The molecule has 1 fully saturated rings. The van der Waals surface area contributed by atoms with Crippen LogP contribution in [0.5, 0.6) is 0 Å². The molecule has 0 saturated carbocycles. The molecule has 1 aliphatic heterocycles. The molecule has 0 aliphatic carbocycles. The number of halogens is 1. The van der Waals surface area contributed by atoms with Crippen LogP contribution in [-0.4, -0.2) is 63.2 Å². The van der Waals surface area contributed by atoms with E-state index >= 15 is 0 Å². The lowest BCUT2D eigenvalue weighted by molar-refractivity contribution is 0.229. The Morgan fingerprint density at radius 3 is 2.45 bits per heavy atom. The molecule has 5 heteroatoms. The van der Waals surface area contributed by atoms with Crippen molar-refractivity contribution in [1.82, 2.24) is 9.80 Å². The molecule has 4 nitrogen and oxygen atoms in total. The van der Waals surface area contributed by atoms with E-state index < -0.39 is 0 Å². The van der Waals surface area contributed by atoms with E-state index in [1.165, 1.54) is 0 Å². The smallest absolute Gasteiger partial charge is 0.129 e. The number of likely N-dealkylation sites (N-methyl/N-ethyl adjacent to an activating group) is 1. The first-order valence-corrected chi connectivity index (χ1v) is 7.20. The first-order valence-electron chi connectivity index (χ1n) is 7.20. The molecule has 0 spiro atoms. The van der Waals surface area contributed by atoms with Gasteiger partial charge in [0.15, 0.2) is 0 Å². The van der Waals surface area contributed by atoms with Gasteiger partial charge in [-0.2, -0.15) is 0 Å². The highest BCUT2D eigenvalue weighted by Gasteiger charge is 2.17. The number of nitrogens with zero attached hydrogens (tertiary/aromatic N) is 3. The second-order valence-electron chi connectivity index (χ2n) is 5.61. The summed E-state index contributed by atoms with van der Waals surface area (Å²) in [4.78, 5) is 6.91. The summed E-state index contributed by atoms with van der Waals surface area (Å²) < 4.78 is 13.8. The van der Waals surface area contributed by atoms with Gasteiger partial charge in [-0.15, -0.1) is 0 Å². The summed E-state index contributed by atoms with van der Waals surface area (Å²) in [6.45, 7) is 6.41. The SMILES string of the molecule is CN(C)CCN1CCN(c2ccc(CN)c(F)c2)CC1. The molecule has 112 valence electrons. The van der Waals surface area contributed by atoms with E-state index in [9.17, 15) is 4.39 Å². The van der Waals surface area contributed by atoms with Crippen molar-refractivity contribution in [3.63, 3.8) is 0 Å². The fraction of sp³-hybridized carbons (Fsp3) is 0.600. The summed E-state index contributed by atoms with van der Waals surface area (Å²) in [5.74, 6) is -0.194. The highest BCUT2D eigenvalue weighted by atomic mass is 19.1. The number of hydrogen-bond donors (Lipinski definition) is 1. The molecule has 2 rings (SSSR count). The molecule has 1 aliphatic rings. The number of piperazine rings is 1. The normalized spacial score (nSPS) is 16.9. The van der Waals surface area contributed by atoms with Crippen molar-refractivity contribution in [3.8, 4) is 0 Å². The second-order valence-corrected chi connectivity index (χ2v) is 5.61. The van der Waals surface area contributed by atoms with Crippen LogP contribution < -0.4 is 10.6 Å². The van der Waals surface area contributed by atoms with Gasteiger partial charge in [0.25, 0.3) is 0 Å². The van der Waals surface area contributed by atoms with Crippen molar-refractivity contribution in [2.75, 3.05) is 58.3 Å². The van der Waals surface area contributed by atoms with E-state index in [1.807, 2.05) is 6.07 Å². The maximum atomic E-state index is 13.8. The van der Waals surface area contributed by atoms with Crippen molar-refractivity contribution in [2.45, 2.75) is 6.54 Å². The van der Waals surface area contributed by atoms with E-state index in [1.54, 1.807) is 12.1 Å². The molecular formula is C15H25FN4. The fourth-order valence-corrected chi connectivity index (χ4v) is 2.47. The molecule has 0 unspecified atom stereocenters. The van der Waals surface area contributed by atoms with Crippen molar-refractivity contribution in [2.24, 2.45) is 5.73 Å². The molecule has 0 aromatic heterocycles. The van der Waals surface area contributed by atoms with E-state index in [4.69, 9.17) is 5.73 Å². The van der Waals surface area contributed by atoms with Crippen molar-refractivity contribution >= 4 is 5.69 Å². The summed E-state index contributed by atoms with van der Waals surface area (Å²) >= 11 is 0. The van der Waals surface area contributed by atoms with E-state index in [-0.39, 0.29) is 12.4 Å². The third kappa shape index (κ3) is 3.91. The summed E-state index contributed by atoms with van der Waals surface area (Å²) in [6, 6.07) is 5.38. The highest BCUT2D eigenvalue weighted by molar-refractivity contribution is 5.48. The first kappa shape index (κ1) is 15.2. The summed E-state index contributed by atoms with van der Waals surface area (Å²) in [5.41, 5.74) is 7.04. The summed E-state index contributed by atoms with van der Waals surface area (Å²) in [5, 5.41) is 0. The van der Waals surface area contributed by atoms with E-state index in [2.05, 4.69) is 28.8 Å². The van der Waals surface area contributed by atoms with Gasteiger partial charge in [-0.3, -0.25) is 4.90 Å². The Bertz CT molecular complexity index is 428.